The number of aromatic nitrogens is 2. The molecule has 0 bridgehead atoms. The van der Waals surface area contributed by atoms with Gasteiger partial charge in [-0.15, -0.1) is 11.3 Å². The van der Waals surface area contributed by atoms with Crippen molar-refractivity contribution in [2.24, 2.45) is 7.05 Å². The maximum atomic E-state index is 12.5. The Balaban J connectivity index is 2.22. The number of halogens is 1. The summed E-state index contributed by atoms with van der Waals surface area (Å²) in [5.74, 6) is -1.01. The summed E-state index contributed by atoms with van der Waals surface area (Å²) in [5, 5.41) is 4.20. The molecule has 2 heterocycles. The fraction of sp³-hybridized carbons (Fsp3) is 0.400. The molecule has 0 saturated heterocycles. The van der Waals surface area contributed by atoms with Gasteiger partial charge in [0.15, 0.2) is 0 Å². The van der Waals surface area contributed by atoms with Crippen LogP contribution in [-0.2, 0) is 18.4 Å². The van der Waals surface area contributed by atoms with Gasteiger partial charge < -0.3 is 4.90 Å². The van der Waals surface area contributed by atoms with Gasteiger partial charge >= 0.3 is 0 Å². The molecule has 0 aliphatic carbocycles. The molecule has 2 rings (SSSR count). The van der Waals surface area contributed by atoms with E-state index in [2.05, 4.69) is 5.10 Å². The van der Waals surface area contributed by atoms with E-state index in [1.165, 1.54) is 16.2 Å². The molecule has 22 heavy (non-hydrogen) atoms. The zero-order valence-electron chi connectivity index (χ0n) is 13.0. The summed E-state index contributed by atoms with van der Waals surface area (Å²) < 4.78 is 2.29. The lowest BCUT2D eigenvalue weighted by molar-refractivity contribution is -0.126. The maximum absolute atomic E-state index is 12.5. The molecule has 0 saturated carbocycles. The van der Waals surface area contributed by atoms with Crippen LogP contribution in [0.15, 0.2) is 12.1 Å². The molecular formula is C15H18ClN3O2S. The van der Waals surface area contributed by atoms with Gasteiger partial charge in [-0.05, 0) is 32.9 Å². The van der Waals surface area contributed by atoms with Crippen molar-refractivity contribution in [2.75, 3.05) is 6.54 Å². The van der Waals surface area contributed by atoms with E-state index in [4.69, 9.17) is 11.6 Å². The lowest BCUT2D eigenvalue weighted by atomic mass is 10.1. The average molecular weight is 340 g/mol. The van der Waals surface area contributed by atoms with Gasteiger partial charge in [-0.25, -0.2) is 0 Å². The number of carbonyl (C=O) groups excluding carboxylic acids is 2. The highest BCUT2D eigenvalue weighted by Gasteiger charge is 2.27. The second-order valence-corrected chi connectivity index (χ2v) is 6.82. The molecule has 0 fully saturated rings. The van der Waals surface area contributed by atoms with Crippen molar-refractivity contribution in [1.29, 1.82) is 0 Å². The topological polar surface area (TPSA) is 55.2 Å². The molecule has 1 amide bonds. The van der Waals surface area contributed by atoms with E-state index < -0.39 is 11.7 Å². The number of amides is 1. The molecule has 0 unspecified atom stereocenters. The number of ketones is 1. The molecule has 0 atom stereocenters. The number of aryl methyl sites for hydroxylation is 2. The van der Waals surface area contributed by atoms with Gasteiger partial charge in [0.25, 0.3) is 11.7 Å². The Bertz CT molecular complexity index is 720. The molecule has 118 valence electrons. The molecular weight excluding hydrogens is 322 g/mol. The van der Waals surface area contributed by atoms with E-state index in [-0.39, 0.29) is 0 Å². The first-order chi connectivity index (χ1) is 10.3. The zero-order valence-corrected chi connectivity index (χ0v) is 14.6. The minimum absolute atomic E-state index is 0.386. The van der Waals surface area contributed by atoms with Crippen LogP contribution in [0.2, 0.25) is 4.34 Å². The molecule has 0 N–H and O–H groups in total. The van der Waals surface area contributed by atoms with E-state index in [1.54, 1.807) is 31.6 Å². The Morgan fingerprint density at radius 1 is 1.36 bits per heavy atom. The fourth-order valence-corrected chi connectivity index (χ4v) is 3.41. The number of likely N-dealkylation sites (N-methyl/N-ethyl adjacent to an activating group) is 1. The van der Waals surface area contributed by atoms with E-state index in [9.17, 15) is 9.59 Å². The van der Waals surface area contributed by atoms with Gasteiger partial charge in [0, 0.05) is 24.2 Å². The SMILES string of the molecule is CCN(Cc1ccc(Cl)s1)C(=O)C(=O)c1c(C)nn(C)c1C. The van der Waals surface area contributed by atoms with Crippen LogP contribution in [0.4, 0.5) is 0 Å². The summed E-state index contributed by atoms with van der Waals surface area (Å²) >= 11 is 7.32. The van der Waals surface area contributed by atoms with E-state index >= 15 is 0 Å². The first kappa shape index (κ1) is 16.7. The van der Waals surface area contributed by atoms with E-state index in [1.807, 2.05) is 13.0 Å². The fourth-order valence-electron chi connectivity index (χ4n) is 2.30. The van der Waals surface area contributed by atoms with Crippen LogP contribution in [0, 0.1) is 13.8 Å². The van der Waals surface area contributed by atoms with Crippen LogP contribution in [0.1, 0.15) is 33.5 Å². The molecule has 7 heteroatoms. The lowest BCUT2D eigenvalue weighted by Crippen LogP contribution is -2.36. The molecule has 0 radical (unpaired) electrons. The van der Waals surface area contributed by atoms with Gasteiger partial charge in [0.05, 0.1) is 22.1 Å². The minimum atomic E-state index is -0.508. The summed E-state index contributed by atoms with van der Waals surface area (Å²) in [7, 11) is 1.76. The highest BCUT2D eigenvalue weighted by Crippen LogP contribution is 2.23. The second-order valence-electron chi connectivity index (χ2n) is 5.02. The Hall–Kier alpha value is -1.66. The van der Waals surface area contributed by atoms with Crippen molar-refractivity contribution in [3.05, 3.63) is 38.3 Å². The highest BCUT2D eigenvalue weighted by molar-refractivity contribution is 7.16. The number of Topliss-reactive ketones (excluding diaryl/α,β-unsaturated/α-hetero) is 1. The van der Waals surface area contributed by atoms with Crippen LogP contribution in [-0.4, -0.2) is 32.9 Å². The molecule has 0 spiro atoms. The third kappa shape index (κ3) is 3.23. The lowest BCUT2D eigenvalue weighted by Gasteiger charge is -2.19. The van der Waals surface area contributed by atoms with E-state index in [0.717, 1.165) is 4.88 Å². The summed E-state index contributed by atoms with van der Waals surface area (Å²) in [6.07, 6.45) is 0. The predicted molar refractivity (Wildman–Crippen MR) is 87.4 cm³/mol. The van der Waals surface area contributed by atoms with Gasteiger partial charge in [0.2, 0.25) is 0 Å². The molecule has 5 nitrogen and oxygen atoms in total. The quantitative estimate of drug-likeness (QED) is 0.621. The monoisotopic (exact) mass is 339 g/mol. The summed E-state index contributed by atoms with van der Waals surface area (Å²) in [4.78, 5) is 27.5. The summed E-state index contributed by atoms with van der Waals surface area (Å²) in [6, 6.07) is 3.66. The van der Waals surface area contributed by atoms with Crippen LogP contribution in [0.3, 0.4) is 0 Å². The van der Waals surface area contributed by atoms with Crippen molar-refractivity contribution in [1.82, 2.24) is 14.7 Å². The Morgan fingerprint density at radius 2 is 2.05 bits per heavy atom. The largest absolute Gasteiger partial charge is 0.331 e. The van der Waals surface area contributed by atoms with Crippen LogP contribution in [0.5, 0.6) is 0 Å². The van der Waals surface area contributed by atoms with Crippen LogP contribution < -0.4 is 0 Å². The minimum Gasteiger partial charge on any atom is -0.331 e. The third-order valence-corrected chi connectivity index (χ3v) is 4.79. The summed E-state index contributed by atoms with van der Waals surface area (Å²) in [5.41, 5.74) is 1.68. The van der Waals surface area contributed by atoms with Gasteiger partial charge in [0.1, 0.15) is 0 Å². The van der Waals surface area contributed by atoms with Gasteiger partial charge in [-0.1, -0.05) is 11.6 Å². The first-order valence-electron chi connectivity index (χ1n) is 6.93. The number of hydrogen-bond donors (Lipinski definition) is 0. The Kier molecular flexibility index (Phi) is 5.03. The predicted octanol–water partition coefficient (Wildman–Crippen LogP) is 2.98. The molecule has 0 aliphatic heterocycles. The zero-order chi connectivity index (χ0) is 16.4. The standard InChI is InChI=1S/C15H18ClN3O2S/c1-5-19(8-11-6-7-12(16)22-11)15(21)14(20)13-9(2)17-18(4)10(13)3/h6-7H,5,8H2,1-4H3. The highest BCUT2D eigenvalue weighted by atomic mass is 35.5. The van der Waals surface area contributed by atoms with Crippen molar-refractivity contribution in [3.63, 3.8) is 0 Å². The average Bonchev–Trinajstić information content (AvgIpc) is 2.99. The number of nitrogens with zero attached hydrogens (tertiary/aromatic N) is 3. The number of carbonyl (C=O) groups is 2. The molecule has 2 aromatic heterocycles. The Labute approximate surface area is 138 Å². The smallest absolute Gasteiger partial charge is 0.295 e. The maximum Gasteiger partial charge on any atom is 0.295 e. The number of hydrogen-bond acceptors (Lipinski definition) is 4. The second kappa shape index (κ2) is 6.62. The van der Waals surface area contributed by atoms with Gasteiger partial charge in [-0.3, -0.25) is 14.3 Å². The first-order valence-corrected chi connectivity index (χ1v) is 8.12. The third-order valence-electron chi connectivity index (χ3n) is 3.57. The molecule has 0 aromatic carbocycles. The Morgan fingerprint density at radius 3 is 2.50 bits per heavy atom. The van der Waals surface area contributed by atoms with Crippen molar-refractivity contribution >= 4 is 34.6 Å². The van der Waals surface area contributed by atoms with Crippen molar-refractivity contribution in [2.45, 2.75) is 27.3 Å². The van der Waals surface area contributed by atoms with Gasteiger partial charge in [-0.2, -0.15) is 5.10 Å². The number of rotatable bonds is 5. The van der Waals surface area contributed by atoms with Crippen LogP contribution >= 0.6 is 22.9 Å². The molecule has 0 aliphatic rings. The van der Waals surface area contributed by atoms with E-state index in [0.29, 0.717) is 34.4 Å². The van der Waals surface area contributed by atoms with Crippen LogP contribution in [0.25, 0.3) is 0 Å². The van der Waals surface area contributed by atoms with Crippen molar-refractivity contribution < 1.29 is 9.59 Å². The number of thiophene rings is 1. The normalized spacial score (nSPS) is 10.8. The summed E-state index contributed by atoms with van der Waals surface area (Å²) in [6.45, 7) is 6.22. The molecule has 2 aromatic rings. The van der Waals surface area contributed by atoms with Crippen molar-refractivity contribution in [3.8, 4) is 0 Å².